The van der Waals surface area contributed by atoms with E-state index < -0.39 is 0 Å². The van der Waals surface area contributed by atoms with Crippen molar-refractivity contribution in [2.24, 2.45) is 0 Å². The molecule has 0 spiro atoms. The fraction of sp³-hybridized carbons (Fsp3) is 0.333. The lowest BCUT2D eigenvalue weighted by atomic mass is 10.1. The number of nitrogens with one attached hydrogen (secondary N) is 1. The Kier molecular flexibility index (Phi) is 2.48. The maximum atomic E-state index is 9.61. The van der Waals surface area contributed by atoms with Crippen LogP contribution in [0.15, 0.2) is 18.2 Å². The first-order valence-corrected chi connectivity index (χ1v) is 6.04. The summed E-state index contributed by atoms with van der Waals surface area (Å²) in [6, 6.07) is 4.82. The molecule has 3 aromatic heterocycles. The molecule has 0 aliphatic rings. The Bertz CT molecular complexity index is 673. The minimum atomic E-state index is -0.0298. The molecule has 100 valence electrons. The summed E-state index contributed by atoms with van der Waals surface area (Å²) >= 11 is 0. The fourth-order valence-corrected chi connectivity index (χ4v) is 2.11. The highest BCUT2D eigenvalue weighted by Crippen LogP contribution is 2.25. The average Bonchev–Trinajstić information content (AvgIpc) is 2.96. The normalized spacial score (nSPS) is 13.2. The van der Waals surface area contributed by atoms with Gasteiger partial charge in [0.25, 0.3) is 0 Å². The number of aromatic nitrogens is 5. The smallest absolute Gasteiger partial charge is 0.193 e. The molecule has 0 radical (unpaired) electrons. The van der Waals surface area contributed by atoms with Crippen LogP contribution in [0, 0.1) is 6.92 Å². The number of fused-ring (bicyclic) bond motifs is 1. The third kappa shape index (κ3) is 1.92. The molecular formula is C12H15N5O2. The van der Waals surface area contributed by atoms with E-state index in [2.05, 4.69) is 15.2 Å². The summed E-state index contributed by atoms with van der Waals surface area (Å²) in [5.74, 6) is 0.700. The van der Waals surface area contributed by atoms with Crippen molar-refractivity contribution < 1.29 is 10.2 Å². The third-order valence-electron chi connectivity index (χ3n) is 3.11. The van der Waals surface area contributed by atoms with Crippen LogP contribution in [0.4, 0.5) is 0 Å². The zero-order valence-corrected chi connectivity index (χ0v) is 10.7. The first-order valence-electron chi connectivity index (χ1n) is 6.04. The molecule has 0 bridgehead atoms. The molecule has 0 amide bonds. The third-order valence-corrected chi connectivity index (χ3v) is 3.11. The van der Waals surface area contributed by atoms with Gasteiger partial charge >= 0.3 is 0 Å². The van der Waals surface area contributed by atoms with E-state index in [1.54, 1.807) is 4.63 Å². The second-order valence-electron chi connectivity index (χ2n) is 4.74. The number of hydrogen-bond acceptors (Lipinski definition) is 4. The van der Waals surface area contributed by atoms with E-state index in [4.69, 9.17) is 0 Å². The molecule has 0 fully saturated rings. The highest BCUT2D eigenvalue weighted by atomic mass is 16.3. The molecule has 0 aliphatic heterocycles. The van der Waals surface area contributed by atoms with E-state index in [9.17, 15) is 10.2 Å². The maximum Gasteiger partial charge on any atom is 0.193 e. The molecule has 3 aromatic rings. The van der Waals surface area contributed by atoms with E-state index in [-0.39, 0.29) is 17.7 Å². The van der Waals surface area contributed by atoms with Crippen molar-refractivity contribution >= 4 is 5.65 Å². The van der Waals surface area contributed by atoms with Gasteiger partial charge in [0.05, 0.1) is 0 Å². The van der Waals surface area contributed by atoms with Crippen molar-refractivity contribution in [3.63, 3.8) is 0 Å². The minimum absolute atomic E-state index is 0.0298. The van der Waals surface area contributed by atoms with Gasteiger partial charge in [-0.05, 0) is 6.92 Å². The molecule has 3 heterocycles. The van der Waals surface area contributed by atoms with Crippen LogP contribution in [0.3, 0.4) is 0 Å². The summed E-state index contributed by atoms with van der Waals surface area (Å²) < 4.78 is 3.04. The second kappa shape index (κ2) is 4.04. The van der Waals surface area contributed by atoms with Gasteiger partial charge in [-0.15, -0.1) is 5.10 Å². The number of nitrogens with zero attached hydrogens (tertiary/aromatic N) is 4. The monoisotopic (exact) mass is 261 g/mol. The average molecular weight is 261 g/mol. The van der Waals surface area contributed by atoms with Crippen LogP contribution in [0.2, 0.25) is 0 Å². The van der Waals surface area contributed by atoms with Crippen molar-refractivity contribution in [1.29, 1.82) is 0 Å². The summed E-state index contributed by atoms with van der Waals surface area (Å²) in [7, 11) is 0. The molecule has 0 aromatic carbocycles. The van der Waals surface area contributed by atoms with Crippen LogP contribution in [-0.4, -0.2) is 34.6 Å². The van der Waals surface area contributed by atoms with E-state index in [1.165, 1.54) is 16.7 Å². The lowest BCUT2D eigenvalue weighted by Crippen LogP contribution is -2.07. The Balaban J connectivity index is 1.87. The highest BCUT2D eigenvalue weighted by molar-refractivity contribution is 5.38. The predicted molar refractivity (Wildman–Crippen MR) is 68.3 cm³/mol. The molecule has 3 N–H and O–H groups in total. The van der Waals surface area contributed by atoms with E-state index in [0.717, 1.165) is 11.3 Å². The van der Waals surface area contributed by atoms with Gasteiger partial charge in [0.1, 0.15) is 0 Å². The van der Waals surface area contributed by atoms with Gasteiger partial charge in [-0.1, -0.05) is 6.92 Å². The second-order valence-corrected chi connectivity index (χ2v) is 4.74. The van der Waals surface area contributed by atoms with Gasteiger partial charge in [0, 0.05) is 36.4 Å². The number of aromatic amines is 1. The number of rotatable bonds is 3. The van der Waals surface area contributed by atoms with Crippen LogP contribution in [0.1, 0.15) is 24.4 Å². The van der Waals surface area contributed by atoms with E-state index >= 15 is 0 Å². The van der Waals surface area contributed by atoms with Crippen LogP contribution in [-0.2, 0) is 6.54 Å². The zero-order chi connectivity index (χ0) is 13.6. The highest BCUT2D eigenvalue weighted by Gasteiger charge is 2.16. The quantitative estimate of drug-likeness (QED) is 0.664. The summed E-state index contributed by atoms with van der Waals surface area (Å²) in [5.41, 5.74) is 1.76. The van der Waals surface area contributed by atoms with Crippen molar-refractivity contribution in [1.82, 2.24) is 24.4 Å². The first kappa shape index (κ1) is 11.6. The number of hydrogen-bond donors (Lipinski definition) is 3. The Morgan fingerprint density at radius 3 is 2.63 bits per heavy atom. The predicted octanol–water partition coefficient (Wildman–Crippen LogP) is 1.38. The van der Waals surface area contributed by atoms with Gasteiger partial charge in [-0.2, -0.15) is 4.63 Å². The van der Waals surface area contributed by atoms with Crippen LogP contribution >= 0.6 is 0 Å². The largest absolute Gasteiger partial charge is 0.494 e. The van der Waals surface area contributed by atoms with Gasteiger partial charge in [0.15, 0.2) is 23.2 Å². The molecule has 1 unspecified atom stereocenters. The minimum Gasteiger partial charge on any atom is -0.494 e. The molecule has 1 atom stereocenters. The molecule has 0 saturated heterocycles. The number of aromatic hydroxyl groups is 2. The Morgan fingerprint density at radius 2 is 2.00 bits per heavy atom. The van der Waals surface area contributed by atoms with E-state index in [0.29, 0.717) is 12.4 Å². The van der Waals surface area contributed by atoms with Crippen LogP contribution < -0.4 is 0 Å². The number of H-pyrrole nitrogens is 1. The molecule has 3 rings (SSSR count). The van der Waals surface area contributed by atoms with Gasteiger partial charge in [0.2, 0.25) is 0 Å². The van der Waals surface area contributed by atoms with Gasteiger partial charge in [-0.25, -0.2) is 4.98 Å². The summed E-state index contributed by atoms with van der Waals surface area (Å²) in [6.45, 7) is 4.30. The summed E-state index contributed by atoms with van der Waals surface area (Å²) in [5, 5.41) is 26.6. The number of aryl methyl sites for hydroxylation is 1. The Hall–Kier alpha value is -2.44. The van der Waals surface area contributed by atoms with Crippen LogP contribution in [0.5, 0.6) is 11.8 Å². The van der Waals surface area contributed by atoms with Crippen molar-refractivity contribution in [2.75, 3.05) is 0 Å². The van der Waals surface area contributed by atoms with Crippen molar-refractivity contribution in [3.05, 3.63) is 29.7 Å². The molecule has 7 heteroatoms. The first-order chi connectivity index (χ1) is 9.04. The standard InChI is InChI=1S/C12H15N5O2/c1-7(6-16-10(18)3-4-11(16)19)12-13-9-5-8(2)14-17(9)15-12/h3-5,7,14,18-19H,6H2,1-2H3. The topological polar surface area (TPSA) is 91.4 Å². The molecule has 7 nitrogen and oxygen atoms in total. The summed E-state index contributed by atoms with van der Waals surface area (Å²) in [4.78, 5) is 4.42. The molecule has 19 heavy (non-hydrogen) atoms. The SMILES string of the molecule is Cc1cc2nc(C(C)Cn3c(O)ccc3O)nn2[nH]1. The lowest BCUT2D eigenvalue weighted by molar-refractivity contribution is 0.356. The van der Waals surface area contributed by atoms with E-state index in [1.807, 2.05) is 19.9 Å². The van der Waals surface area contributed by atoms with Gasteiger partial charge < -0.3 is 10.2 Å². The summed E-state index contributed by atoms with van der Waals surface area (Å²) in [6.07, 6.45) is 0. The maximum absolute atomic E-state index is 9.61. The van der Waals surface area contributed by atoms with Gasteiger partial charge in [-0.3, -0.25) is 9.67 Å². The van der Waals surface area contributed by atoms with Crippen LogP contribution in [0.25, 0.3) is 5.65 Å². The zero-order valence-electron chi connectivity index (χ0n) is 10.7. The molecule has 0 aliphatic carbocycles. The van der Waals surface area contributed by atoms with Crippen molar-refractivity contribution in [3.8, 4) is 11.8 Å². The Morgan fingerprint density at radius 1 is 1.32 bits per heavy atom. The van der Waals surface area contributed by atoms with Crippen molar-refractivity contribution in [2.45, 2.75) is 26.3 Å². The lowest BCUT2D eigenvalue weighted by Gasteiger charge is -2.10. The molecular weight excluding hydrogens is 246 g/mol. The molecule has 0 saturated carbocycles. The Labute approximate surface area is 109 Å². The fourth-order valence-electron chi connectivity index (χ4n) is 2.11.